The van der Waals surface area contributed by atoms with E-state index in [4.69, 9.17) is 0 Å². The third kappa shape index (κ3) is 2.12. The zero-order valence-corrected chi connectivity index (χ0v) is 10.5. The molecule has 0 saturated heterocycles. The molecule has 0 heterocycles. The number of Topliss-reactive ketones (excluding diaryl/α,β-unsaturated/α-hetero) is 1. The number of ketones is 1. The van der Waals surface area contributed by atoms with E-state index in [1.807, 2.05) is 51.1 Å². The topological polar surface area (TPSA) is 37.3 Å². The van der Waals surface area contributed by atoms with Crippen LogP contribution in [0, 0.1) is 11.3 Å². The van der Waals surface area contributed by atoms with Gasteiger partial charge in [-0.3, -0.25) is 4.79 Å². The van der Waals surface area contributed by atoms with E-state index in [9.17, 15) is 9.90 Å². The summed E-state index contributed by atoms with van der Waals surface area (Å²) in [5, 5.41) is 10.0. The number of carbonyl (C=O) groups is 1. The molecule has 2 heteroatoms. The van der Waals surface area contributed by atoms with Gasteiger partial charge >= 0.3 is 0 Å². The van der Waals surface area contributed by atoms with Gasteiger partial charge in [-0.15, -0.1) is 0 Å². The van der Waals surface area contributed by atoms with Crippen LogP contribution in [0.2, 0.25) is 0 Å². The van der Waals surface area contributed by atoms with Crippen LogP contribution < -0.4 is 0 Å². The van der Waals surface area contributed by atoms with Crippen LogP contribution in [0.5, 0.6) is 0 Å². The first-order valence-corrected chi connectivity index (χ1v) is 5.93. The van der Waals surface area contributed by atoms with Crippen molar-refractivity contribution in [1.29, 1.82) is 0 Å². The van der Waals surface area contributed by atoms with Crippen molar-refractivity contribution in [2.75, 3.05) is 0 Å². The third-order valence-corrected chi connectivity index (χ3v) is 3.36. The molecular formula is C15H18O2. The zero-order valence-electron chi connectivity index (χ0n) is 10.5. The molecule has 1 unspecified atom stereocenters. The smallest absolute Gasteiger partial charge is 0.170 e. The van der Waals surface area contributed by atoms with E-state index in [2.05, 4.69) is 0 Å². The van der Waals surface area contributed by atoms with Crippen LogP contribution in [-0.4, -0.2) is 10.9 Å². The standard InChI is InChI=1S/C15H18O2/c1-15(2,3)11-9-12(16)13(14(11)17)10-7-5-4-6-8-10/h4-8,11,16H,9H2,1-3H3. The Hall–Kier alpha value is -1.57. The maximum atomic E-state index is 12.3. The van der Waals surface area contributed by atoms with Gasteiger partial charge in [0.15, 0.2) is 5.78 Å². The Labute approximate surface area is 102 Å². The van der Waals surface area contributed by atoms with Gasteiger partial charge in [0.1, 0.15) is 5.76 Å². The highest BCUT2D eigenvalue weighted by Crippen LogP contribution is 2.42. The molecule has 0 amide bonds. The number of hydrogen-bond acceptors (Lipinski definition) is 2. The van der Waals surface area contributed by atoms with Gasteiger partial charge in [0.05, 0.1) is 5.57 Å². The largest absolute Gasteiger partial charge is 0.512 e. The molecule has 1 aliphatic carbocycles. The molecule has 1 N–H and O–H groups in total. The Balaban J connectivity index is 2.38. The molecule has 0 saturated carbocycles. The minimum Gasteiger partial charge on any atom is -0.512 e. The first-order valence-electron chi connectivity index (χ1n) is 5.93. The van der Waals surface area contributed by atoms with Gasteiger partial charge in [0.2, 0.25) is 0 Å². The predicted octanol–water partition coefficient (Wildman–Crippen LogP) is 3.59. The van der Waals surface area contributed by atoms with Gasteiger partial charge in [-0.05, 0) is 11.0 Å². The lowest BCUT2D eigenvalue weighted by atomic mass is 9.77. The van der Waals surface area contributed by atoms with Crippen LogP contribution in [0.1, 0.15) is 32.8 Å². The average Bonchev–Trinajstić information content (AvgIpc) is 2.55. The summed E-state index contributed by atoms with van der Waals surface area (Å²) in [4.78, 5) is 12.3. The molecule has 2 nitrogen and oxygen atoms in total. The fourth-order valence-corrected chi connectivity index (χ4v) is 2.32. The van der Waals surface area contributed by atoms with Crippen molar-refractivity contribution in [1.82, 2.24) is 0 Å². The average molecular weight is 230 g/mol. The van der Waals surface area contributed by atoms with E-state index in [0.29, 0.717) is 12.0 Å². The molecular weight excluding hydrogens is 212 g/mol. The van der Waals surface area contributed by atoms with E-state index < -0.39 is 0 Å². The van der Waals surface area contributed by atoms with E-state index in [1.54, 1.807) is 0 Å². The summed E-state index contributed by atoms with van der Waals surface area (Å²) in [7, 11) is 0. The Bertz CT molecular complexity index is 463. The molecule has 1 aromatic carbocycles. The lowest BCUT2D eigenvalue weighted by molar-refractivity contribution is -0.119. The minimum atomic E-state index is -0.113. The Morgan fingerprint density at radius 3 is 2.24 bits per heavy atom. The quantitative estimate of drug-likeness (QED) is 0.800. The van der Waals surface area contributed by atoms with Crippen LogP contribution in [0.15, 0.2) is 36.1 Å². The number of aliphatic hydroxyl groups is 1. The fraction of sp³-hybridized carbons (Fsp3) is 0.400. The fourth-order valence-electron chi connectivity index (χ4n) is 2.32. The minimum absolute atomic E-state index is 0.0706. The number of carbonyl (C=O) groups excluding carboxylic acids is 1. The number of allylic oxidation sites excluding steroid dienone is 2. The molecule has 0 aromatic heterocycles. The van der Waals surface area contributed by atoms with Gasteiger partial charge in [0.25, 0.3) is 0 Å². The first kappa shape index (κ1) is 11.9. The normalized spacial score (nSPS) is 21.1. The summed E-state index contributed by atoms with van der Waals surface area (Å²) >= 11 is 0. The van der Waals surface area contributed by atoms with Crippen molar-refractivity contribution < 1.29 is 9.90 Å². The molecule has 2 rings (SSSR count). The highest BCUT2D eigenvalue weighted by Gasteiger charge is 2.40. The van der Waals surface area contributed by atoms with Crippen LogP contribution in [0.3, 0.4) is 0 Å². The molecule has 0 bridgehead atoms. The molecule has 0 spiro atoms. The summed E-state index contributed by atoms with van der Waals surface area (Å²) in [6.45, 7) is 6.12. The van der Waals surface area contributed by atoms with Crippen molar-refractivity contribution >= 4 is 11.4 Å². The van der Waals surface area contributed by atoms with Crippen molar-refractivity contribution in [2.45, 2.75) is 27.2 Å². The Kier molecular flexibility index (Phi) is 2.82. The molecule has 17 heavy (non-hydrogen) atoms. The lowest BCUT2D eigenvalue weighted by Gasteiger charge is -2.25. The molecule has 0 aliphatic heterocycles. The number of aliphatic hydroxyl groups excluding tert-OH is 1. The number of benzene rings is 1. The van der Waals surface area contributed by atoms with Gasteiger partial charge in [0, 0.05) is 12.3 Å². The highest BCUT2D eigenvalue weighted by atomic mass is 16.3. The van der Waals surface area contributed by atoms with Gasteiger partial charge in [-0.2, -0.15) is 0 Å². The van der Waals surface area contributed by atoms with Crippen molar-refractivity contribution in [3.8, 4) is 0 Å². The monoisotopic (exact) mass is 230 g/mol. The van der Waals surface area contributed by atoms with Crippen molar-refractivity contribution in [3.05, 3.63) is 41.7 Å². The van der Waals surface area contributed by atoms with Crippen LogP contribution in [0.25, 0.3) is 5.57 Å². The SMILES string of the molecule is CC(C)(C)C1CC(O)=C(c2ccccc2)C1=O. The van der Waals surface area contributed by atoms with Gasteiger partial charge in [-0.1, -0.05) is 51.1 Å². The van der Waals surface area contributed by atoms with E-state index in [0.717, 1.165) is 5.56 Å². The molecule has 1 aliphatic rings. The van der Waals surface area contributed by atoms with Gasteiger partial charge < -0.3 is 5.11 Å². The molecule has 1 atom stereocenters. The van der Waals surface area contributed by atoms with E-state index >= 15 is 0 Å². The third-order valence-electron chi connectivity index (χ3n) is 3.36. The first-order chi connectivity index (χ1) is 7.91. The zero-order chi connectivity index (χ0) is 12.6. The molecule has 90 valence electrons. The summed E-state index contributed by atoms with van der Waals surface area (Å²) in [6, 6.07) is 9.41. The Morgan fingerprint density at radius 2 is 1.76 bits per heavy atom. The summed E-state index contributed by atoms with van der Waals surface area (Å²) in [5.74, 6) is 0.194. The second-order valence-electron chi connectivity index (χ2n) is 5.67. The van der Waals surface area contributed by atoms with Crippen LogP contribution >= 0.6 is 0 Å². The van der Waals surface area contributed by atoms with Crippen LogP contribution in [-0.2, 0) is 4.79 Å². The molecule has 0 radical (unpaired) electrons. The second kappa shape index (κ2) is 4.02. The van der Waals surface area contributed by atoms with E-state index in [-0.39, 0.29) is 22.9 Å². The van der Waals surface area contributed by atoms with Gasteiger partial charge in [-0.25, -0.2) is 0 Å². The summed E-state index contributed by atoms with van der Waals surface area (Å²) < 4.78 is 0. The summed E-state index contributed by atoms with van der Waals surface area (Å²) in [6.07, 6.45) is 0.465. The maximum absolute atomic E-state index is 12.3. The molecule has 0 fully saturated rings. The number of hydrogen-bond donors (Lipinski definition) is 1. The predicted molar refractivity (Wildman–Crippen MR) is 68.6 cm³/mol. The highest BCUT2D eigenvalue weighted by molar-refractivity contribution is 6.24. The Morgan fingerprint density at radius 1 is 1.18 bits per heavy atom. The maximum Gasteiger partial charge on any atom is 0.170 e. The van der Waals surface area contributed by atoms with E-state index in [1.165, 1.54) is 0 Å². The second-order valence-corrected chi connectivity index (χ2v) is 5.67. The summed E-state index contributed by atoms with van der Waals surface area (Å²) in [5.41, 5.74) is 1.22. The van der Waals surface area contributed by atoms with Crippen molar-refractivity contribution in [2.24, 2.45) is 11.3 Å². The lowest BCUT2D eigenvalue weighted by Crippen LogP contribution is -2.25. The van der Waals surface area contributed by atoms with Crippen LogP contribution in [0.4, 0.5) is 0 Å². The van der Waals surface area contributed by atoms with Crippen molar-refractivity contribution in [3.63, 3.8) is 0 Å². The molecule has 1 aromatic rings. The number of rotatable bonds is 1.